The van der Waals surface area contributed by atoms with Crippen LogP contribution in [-0.2, 0) is 10.2 Å². The maximum Gasteiger partial charge on any atom is 0.139 e. The van der Waals surface area contributed by atoms with Gasteiger partial charge >= 0.3 is 0 Å². The lowest BCUT2D eigenvalue weighted by Crippen LogP contribution is -2.42. The quantitative estimate of drug-likeness (QED) is 0.493. The first kappa shape index (κ1) is 19.8. The first-order chi connectivity index (χ1) is 13.9. The van der Waals surface area contributed by atoms with Crippen LogP contribution in [0.25, 0.3) is 10.9 Å². The molecule has 1 heterocycles. The Morgan fingerprint density at radius 2 is 1.93 bits per heavy atom. The summed E-state index contributed by atoms with van der Waals surface area (Å²) in [4.78, 5) is 18.8. The van der Waals surface area contributed by atoms with Gasteiger partial charge in [-0.1, -0.05) is 12.1 Å². The van der Waals surface area contributed by atoms with Crippen LogP contribution < -0.4 is 9.64 Å². The second-order valence-electron chi connectivity index (χ2n) is 7.85. The second kappa shape index (κ2) is 7.41. The lowest BCUT2D eigenvalue weighted by atomic mass is 9.57. The van der Waals surface area contributed by atoms with Crippen molar-refractivity contribution in [1.82, 2.24) is 4.98 Å². The number of carbonyl (C=O) groups excluding carboxylic acids is 1. The monoisotopic (exact) mass is 456 g/mol. The van der Waals surface area contributed by atoms with Crippen LogP contribution in [0.1, 0.15) is 29.9 Å². The molecule has 0 saturated heterocycles. The van der Waals surface area contributed by atoms with Gasteiger partial charge < -0.3 is 14.4 Å². The smallest absolute Gasteiger partial charge is 0.139 e. The summed E-state index contributed by atoms with van der Waals surface area (Å²) in [5.41, 5.74) is 2.94. The Balaban J connectivity index is 1.80. The number of anilines is 1. The van der Waals surface area contributed by atoms with Gasteiger partial charge in [0.25, 0.3) is 0 Å². The number of fused-ring (bicyclic) bond motifs is 1. The average molecular weight is 457 g/mol. The van der Waals surface area contributed by atoms with E-state index in [9.17, 15) is 9.18 Å². The predicted molar refractivity (Wildman–Crippen MR) is 116 cm³/mol. The summed E-state index contributed by atoms with van der Waals surface area (Å²) in [6.07, 6.45) is 4.21. The fourth-order valence-electron chi connectivity index (χ4n) is 4.33. The van der Waals surface area contributed by atoms with Crippen molar-refractivity contribution < 1.29 is 13.9 Å². The van der Waals surface area contributed by atoms with E-state index in [1.54, 1.807) is 19.4 Å². The molecule has 0 bridgehead atoms. The average Bonchev–Trinajstić information content (AvgIpc) is 2.69. The number of aromatic nitrogens is 1. The minimum Gasteiger partial charge on any atom is -0.497 e. The van der Waals surface area contributed by atoms with Gasteiger partial charge in [0.05, 0.1) is 34.4 Å². The van der Waals surface area contributed by atoms with E-state index < -0.39 is 5.41 Å². The van der Waals surface area contributed by atoms with Crippen molar-refractivity contribution in [3.05, 3.63) is 64.0 Å². The number of benzene rings is 2. The van der Waals surface area contributed by atoms with E-state index >= 15 is 0 Å². The van der Waals surface area contributed by atoms with Crippen LogP contribution in [0.15, 0.2) is 47.1 Å². The summed E-state index contributed by atoms with van der Waals surface area (Å²) in [5.74, 6) is 0.739. The molecule has 1 aromatic heterocycles. The van der Waals surface area contributed by atoms with Gasteiger partial charge in [0.2, 0.25) is 0 Å². The zero-order chi connectivity index (χ0) is 20.8. The van der Waals surface area contributed by atoms with Crippen LogP contribution in [-0.4, -0.2) is 32.5 Å². The van der Waals surface area contributed by atoms with Gasteiger partial charge in [0, 0.05) is 25.5 Å². The van der Waals surface area contributed by atoms with E-state index in [1.807, 2.05) is 31.1 Å². The lowest BCUT2D eigenvalue weighted by molar-refractivity contribution is -0.115. The molecule has 4 rings (SSSR count). The molecule has 0 unspecified atom stereocenters. The molecule has 0 amide bonds. The van der Waals surface area contributed by atoms with Gasteiger partial charge in [-0.25, -0.2) is 4.39 Å². The zero-order valence-corrected chi connectivity index (χ0v) is 18.2. The van der Waals surface area contributed by atoms with Crippen molar-refractivity contribution in [2.45, 2.75) is 24.2 Å². The van der Waals surface area contributed by atoms with Gasteiger partial charge in [0.1, 0.15) is 17.9 Å². The van der Waals surface area contributed by atoms with Crippen LogP contribution in [0.2, 0.25) is 0 Å². The van der Waals surface area contributed by atoms with Crippen LogP contribution in [0.4, 0.5) is 10.1 Å². The molecule has 0 radical (unpaired) electrons. The molecule has 2 aromatic carbocycles. The topological polar surface area (TPSA) is 42.4 Å². The van der Waals surface area contributed by atoms with E-state index in [-0.39, 0.29) is 11.7 Å². The van der Waals surface area contributed by atoms with Crippen LogP contribution in [0.5, 0.6) is 5.75 Å². The molecule has 150 valence electrons. The molecule has 1 aliphatic rings. The summed E-state index contributed by atoms with van der Waals surface area (Å²) < 4.78 is 19.7. The maximum absolute atomic E-state index is 14.1. The Labute approximate surface area is 177 Å². The second-order valence-corrected chi connectivity index (χ2v) is 8.70. The van der Waals surface area contributed by atoms with Crippen molar-refractivity contribution in [2.75, 3.05) is 26.1 Å². The molecular weight excluding hydrogens is 435 g/mol. The number of ether oxygens (including phenoxy) is 1. The van der Waals surface area contributed by atoms with Crippen molar-refractivity contribution >= 4 is 38.8 Å². The standard InChI is InChI=1S/C23H22BrFN2O2/c1-27(2)21-12-26-20-9-19(25)18(24)8-17(20)22(21)23(13-28)10-15(11-23)14-4-6-16(29-3)7-5-14/h4-9,12-13,15H,10-11H2,1-3H3. The minimum absolute atomic E-state index is 0.285. The lowest BCUT2D eigenvalue weighted by Gasteiger charge is -2.46. The fraction of sp³-hybridized carbons (Fsp3) is 0.304. The molecule has 6 heteroatoms. The number of rotatable bonds is 5. The van der Waals surface area contributed by atoms with Crippen molar-refractivity contribution in [2.24, 2.45) is 0 Å². The molecule has 4 nitrogen and oxygen atoms in total. The van der Waals surface area contributed by atoms with E-state index in [2.05, 4.69) is 33.0 Å². The van der Waals surface area contributed by atoms with Gasteiger partial charge in [-0.15, -0.1) is 0 Å². The van der Waals surface area contributed by atoms with Crippen molar-refractivity contribution in [1.29, 1.82) is 0 Å². The highest BCUT2D eigenvalue weighted by Crippen LogP contribution is 2.55. The molecule has 3 aromatic rings. The van der Waals surface area contributed by atoms with Crippen LogP contribution in [0.3, 0.4) is 0 Å². The number of pyridine rings is 1. The Hall–Kier alpha value is -2.47. The maximum atomic E-state index is 14.1. The van der Waals surface area contributed by atoms with Crippen molar-refractivity contribution in [3.8, 4) is 5.75 Å². The summed E-state index contributed by atoms with van der Waals surface area (Å²) in [5, 5.41) is 0.810. The minimum atomic E-state index is -0.622. The summed E-state index contributed by atoms with van der Waals surface area (Å²) >= 11 is 3.29. The van der Waals surface area contributed by atoms with Crippen LogP contribution >= 0.6 is 15.9 Å². The first-order valence-corrected chi connectivity index (χ1v) is 10.2. The summed E-state index contributed by atoms with van der Waals surface area (Å²) in [6.45, 7) is 0. The SMILES string of the molecule is COc1ccc(C2CC(C=O)(c3c(N(C)C)cnc4cc(F)c(Br)cc34)C2)cc1. The fourth-order valence-corrected chi connectivity index (χ4v) is 4.67. The molecule has 0 spiro atoms. The predicted octanol–water partition coefficient (Wildman–Crippen LogP) is 5.23. The highest BCUT2D eigenvalue weighted by Gasteiger charge is 2.48. The zero-order valence-electron chi connectivity index (χ0n) is 16.6. The number of hydrogen-bond donors (Lipinski definition) is 0. The van der Waals surface area contributed by atoms with E-state index in [0.717, 1.165) is 28.7 Å². The molecule has 0 atom stereocenters. The van der Waals surface area contributed by atoms with Crippen molar-refractivity contribution in [3.63, 3.8) is 0 Å². The molecule has 1 fully saturated rings. The molecule has 1 saturated carbocycles. The van der Waals surface area contributed by atoms with E-state index in [1.165, 1.54) is 11.6 Å². The molecular formula is C23H22BrFN2O2. The normalized spacial score (nSPS) is 20.9. The molecule has 0 N–H and O–H groups in total. The summed E-state index contributed by atoms with van der Waals surface area (Å²) in [7, 11) is 5.51. The molecule has 1 aliphatic carbocycles. The Morgan fingerprint density at radius 1 is 1.24 bits per heavy atom. The largest absolute Gasteiger partial charge is 0.497 e. The van der Waals surface area contributed by atoms with Gasteiger partial charge in [-0.3, -0.25) is 4.98 Å². The number of methoxy groups -OCH3 is 1. The van der Waals surface area contributed by atoms with E-state index in [4.69, 9.17) is 4.74 Å². The molecule has 29 heavy (non-hydrogen) atoms. The first-order valence-electron chi connectivity index (χ1n) is 9.44. The number of nitrogens with zero attached hydrogens (tertiary/aromatic N) is 2. The molecule has 0 aliphatic heterocycles. The number of aldehydes is 1. The van der Waals surface area contributed by atoms with Gasteiger partial charge in [-0.05, 0) is 64.0 Å². The van der Waals surface area contributed by atoms with Gasteiger partial charge in [-0.2, -0.15) is 0 Å². The summed E-state index contributed by atoms with van der Waals surface area (Å²) in [6, 6.07) is 11.2. The van der Waals surface area contributed by atoms with Gasteiger partial charge in [0.15, 0.2) is 0 Å². The number of hydrogen-bond acceptors (Lipinski definition) is 4. The third kappa shape index (κ3) is 3.29. The number of carbonyl (C=O) groups is 1. The Morgan fingerprint density at radius 3 is 2.52 bits per heavy atom. The third-order valence-electron chi connectivity index (χ3n) is 5.90. The number of halogens is 2. The Kier molecular flexibility index (Phi) is 5.07. The highest BCUT2D eigenvalue weighted by atomic mass is 79.9. The van der Waals surface area contributed by atoms with Crippen LogP contribution in [0, 0.1) is 5.82 Å². The van der Waals surface area contributed by atoms with E-state index in [0.29, 0.717) is 22.8 Å². The Bertz CT molecular complexity index is 1080. The highest BCUT2D eigenvalue weighted by molar-refractivity contribution is 9.10. The third-order valence-corrected chi connectivity index (χ3v) is 6.51.